The van der Waals surface area contributed by atoms with Crippen LogP contribution in [0.5, 0.6) is 40.2 Å². The van der Waals surface area contributed by atoms with Crippen molar-refractivity contribution in [3.05, 3.63) is 175 Å². The third-order valence-electron chi connectivity index (χ3n) is 8.59. The second-order valence-electron chi connectivity index (χ2n) is 13.8. The van der Waals surface area contributed by atoms with Crippen LogP contribution in [0.2, 0.25) is 0 Å². The fourth-order valence-corrected chi connectivity index (χ4v) is 5.02. The van der Waals surface area contributed by atoms with Crippen molar-refractivity contribution < 1.29 is 99.5 Å². The van der Waals surface area contributed by atoms with Gasteiger partial charge in [-0.15, -0.1) is 0 Å². The number of hydrogen-bond donors (Lipinski definition) is 3. The van der Waals surface area contributed by atoms with E-state index in [4.69, 9.17) is 53.2 Å². The summed E-state index contributed by atoms with van der Waals surface area (Å²) in [4.78, 5) is 68.2. The first-order valence-corrected chi connectivity index (χ1v) is 21.0. The maximum absolute atomic E-state index is 14.6. The lowest BCUT2D eigenvalue weighted by Gasteiger charge is -2.10. The zero-order chi connectivity index (χ0) is 53.0. The van der Waals surface area contributed by atoms with Gasteiger partial charge in [0.05, 0.1) is 56.3 Å². The van der Waals surface area contributed by atoms with Gasteiger partial charge in [0.1, 0.15) is 17.2 Å². The van der Waals surface area contributed by atoms with Gasteiger partial charge in [-0.1, -0.05) is 34.6 Å². The van der Waals surface area contributed by atoms with Crippen LogP contribution in [-0.2, 0) is 28.6 Å². The number of aromatic hydroxyl groups is 2. The first-order chi connectivity index (χ1) is 34.4. The summed E-state index contributed by atoms with van der Waals surface area (Å²) in [5.41, 5.74) is 0.287. The highest BCUT2D eigenvalue weighted by atomic mass is 19.1. The second kappa shape index (κ2) is 33.4. The minimum atomic E-state index is -1.14. The van der Waals surface area contributed by atoms with Crippen LogP contribution < -0.4 is 23.7 Å². The zero-order valence-corrected chi connectivity index (χ0v) is 38.0. The van der Waals surface area contributed by atoms with Gasteiger partial charge in [0.2, 0.25) is 0 Å². The number of carboxylic acid groups (broad SMARTS) is 1. The summed E-state index contributed by atoms with van der Waals surface area (Å²) in [7, 11) is 0. The predicted octanol–water partition coefficient (Wildman–Crippen LogP) is 9.93. The van der Waals surface area contributed by atoms with Crippen LogP contribution >= 0.6 is 0 Å². The molecule has 0 heterocycles. The number of carboxylic acids is 1. The van der Waals surface area contributed by atoms with E-state index in [0.29, 0.717) is 67.4 Å². The highest BCUT2D eigenvalue weighted by molar-refractivity contribution is 5.92. The maximum atomic E-state index is 14.6. The molecule has 74 heavy (non-hydrogen) atoms. The first kappa shape index (κ1) is 62.9. The Bertz CT molecular complexity index is 2490. The standard InChI is InChI=1S/C32H28F2O10.C13H14O5.C6H4F2O2.2CH4/c1-3-29(35)41-17-5-15-39-23-11-7-21(8-12-23)31(37)43-27-19-26(34)28(20-25(27)33)44-32(38)22-9-13-24(14-10-22)40-16-6-18-42-30(36)4-2;1-2-12(14)18-9-3-8-17-11-6-4-10(5-7-11)13(15)16;7-3-1-5(9)4(8)2-6(3)10;;/h3-4,7-14,19-20H,1-2,5-6,15-18H2;2,4-7H,1,3,8-9H2,(H,15,16);1-2,9-10H;2*1H4. The van der Waals surface area contributed by atoms with Crippen molar-refractivity contribution in [2.24, 2.45) is 0 Å². The highest BCUT2D eigenvalue weighted by Gasteiger charge is 2.20. The smallest absolute Gasteiger partial charge is 0.343 e. The van der Waals surface area contributed by atoms with Crippen molar-refractivity contribution in [3.63, 3.8) is 0 Å². The highest BCUT2D eigenvalue weighted by Crippen LogP contribution is 2.29. The number of carbonyl (C=O) groups excluding carboxylic acids is 5. The van der Waals surface area contributed by atoms with Crippen LogP contribution in [0, 0.1) is 23.3 Å². The van der Waals surface area contributed by atoms with Gasteiger partial charge in [-0.3, -0.25) is 0 Å². The summed E-state index contributed by atoms with van der Waals surface area (Å²) in [5, 5.41) is 25.7. The number of aromatic carboxylic acids is 1. The number of ether oxygens (including phenoxy) is 8. The molecular weight excluding hydrogens is 985 g/mol. The number of phenolic OH excluding ortho intramolecular Hbond substituents is 2. The van der Waals surface area contributed by atoms with Crippen LogP contribution in [0.25, 0.3) is 0 Å². The van der Waals surface area contributed by atoms with E-state index in [1.54, 1.807) is 12.1 Å². The van der Waals surface area contributed by atoms with Gasteiger partial charge in [0.25, 0.3) is 0 Å². The Hall–Kier alpha value is -9.14. The molecule has 0 aliphatic rings. The molecule has 0 radical (unpaired) electrons. The molecular formula is C53H54F4O17. The van der Waals surface area contributed by atoms with E-state index in [0.717, 1.165) is 18.2 Å². The van der Waals surface area contributed by atoms with Gasteiger partial charge < -0.3 is 53.2 Å². The van der Waals surface area contributed by atoms with E-state index in [2.05, 4.69) is 19.7 Å². The summed E-state index contributed by atoms with van der Waals surface area (Å²) < 4.78 is 94.4. The zero-order valence-electron chi connectivity index (χ0n) is 38.0. The van der Waals surface area contributed by atoms with Crippen LogP contribution in [0.3, 0.4) is 0 Å². The molecule has 0 saturated heterocycles. The molecule has 0 fully saturated rings. The molecule has 0 aliphatic carbocycles. The van der Waals surface area contributed by atoms with Crippen molar-refractivity contribution in [3.8, 4) is 40.2 Å². The van der Waals surface area contributed by atoms with E-state index in [9.17, 15) is 46.3 Å². The summed E-state index contributed by atoms with van der Waals surface area (Å²) in [6.07, 6.45) is 4.63. The molecule has 0 bridgehead atoms. The van der Waals surface area contributed by atoms with E-state index in [1.165, 1.54) is 60.7 Å². The quantitative estimate of drug-likeness (QED) is 0.0105. The van der Waals surface area contributed by atoms with E-state index < -0.39 is 82.1 Å². The number of halogens is 4. The molecule has 17 nitrogen and oxygen atoms in total. The van der Waals surface area contributed by atoms with Gasteiger partial charge in [-0.2, -0.15) is 0 Å². The Morgan fingerprint density at radius 2 is 0.716 bits per heavy atom. The topological polar surface area (TPSA) is 237 Å². The fraction of sp³-hybridized carbons (Fsp3) is 0.208. The normalized spacial score (nSPS) is 9.73. The molecule has 0 atom stereocenters. The molecule has 0 unspecified atom stereocenters. The molecule has 0 saturated carbocycles. The van der Waals surface area contributed by atoms with Gasteiger partial charge in [0.15, 0.2) is 46.3 Å². The second-order valence-corrected chi connectivity index (χ2v) is 13.8. The van der Waals surface area contributed by atoms with Crippen molar-refractivity contribution >= 4 is 35.8 Å². The SMILES string of the molecule is C.C.C=CC(=O)OCCCOc1ccc(C(=O)O)cc1.C=CC(=O)OCCCOc1ccc(C(=O)Oc2cc(F)c(OC(=O)c3ccc(OCCCOC(=O)C=C)cc3)cc2F)cc1.Oc1cc(F)c(O)cc1F. The number of carbonyl (C=O) groups is 6. The molecule has 396 valence electrons. The van der Waals surface area contributed by atoms with Gasteiger partial charge in [-0.05, 0) is 72.8 Å². The van der Waals surface area contributed by atoms with Gasteiger partial charge in [0, 0.05) is 61.8 Å². The van der Waals surface area contributed by atoms with Crippen LogP contribution in [0.4, 0.5) is 17.6 Å². The van der Waals surface area contributed by atoms with E-state index in [-0.39, 0.29) is 64.6 Å². The predicted molar refractivity (Wildman–Crippen MR) is 260 cm³/mol. The van der Waals surface area contributed by atoms with Crippen molar-refractivity contribution in [1.29, 1.82) is 0 Å². The number of phenols is 2. The Balaban J connectivity index is 0.000000744. The molecule has 0 aromatic heterocycles. The summed E-state index contributed by atoms with van der Waals surface area (Å²) in [6.45, 7) is 11.3. The average molecular weight is 1040 g/mol. The molecule has 5 aromatic rings. The van der Waals surface area contributed by atoms with Crippen molar-refractivity contribution in [2.75, 3.05) is 39.6 Å². The maximum Gasteiger partial charge on any atom is 0.343 e. The van der Waals surface area contributed by atoms with Crippen LogP contribution in [-0.4, -0.2) is 90.8 Å². The fourth-order valence-electron chi connectivity index (χ4n) is 5.02. The first-order valence-electron chi connectivity index (χ1n) is 21.0. The van der Waals surface area contributed by atoms with E-state index >= 15 is 0 Å². The van der Waals surface area contributed by atoms with Crippen molar-refractivity contribution in [1.82, 2.24) is 0 Å². The number of hydrogen-bond acceptors (Lipinski definition) is 16. The minimum Gasteiger partial charge on any atom is -0.505 e. The lowest BCUT2D eigenvalue weighted by Crippen LogP contribution is -2.12. The van der Waals surface area contributed by atoms with Crippen LogP contribution in [0.1, 0.15) is 65.2 Å². The Kier molecular flexibility index (Phi) is 28.4. The largest absolute Gasteiger partial charge is 0.505 e. The van der Waals surface area contributed by atoms with E-state index in [1.807, 2.05) is 0 Å². The minimum absolute atomic E-state index is 0. The molecule has 5 aromatic carbocycles. The Morgan fingerprint density at radius 3 is 0.986 bits per heavy atom. The van der Waals surface area contributed by atoms with Gasteiger partial charge in [-0.25, -0.2) is 46.3 Å². The van der Waals surface area contributed by atoms with Gasteiger partial charge >= 0.3 is 35.8 Å². The lowest BCUT2D eigenvalue weighted by molar-refractivity contribution is -0.138. The third-order valence-corrected chi connectivity index (χ3v) is 8.59. The Labute approximate surface area is 423 Å². The molecule has 0 amide bonds. The number of esters is 5. The van der Waals surface area contributed by atoms with Crippen LogP contribution in [0.15, 0.2) is 135 Å². The van der Waals surface area contributed by atoms with Crippen molar-refractivity contribution in [2.45, 2.75) is 34.1 Å². The third kappa shape index (κ3) is 22.7. The average Bonchev–Trinajstić information content (AvgIpc) is 3.37. The molecule has 0 aliphatic heterocycles. The molecule has 5 rings (SSSR count). The summed E-state index contributed by atoms with van der Waals surface area (Å²) in [6, 6.07) is 19.7. The number of rotatable bonds is 23. The monoisotopic (exact) mass is 1040 g/mol. The number of benzene rings is 5. The summed E-state index contributed by atoms with van der Waals surface area (Å²) in [5.74, 6) is -10.4. The molecule has 21 heteroatoms. The molecule has 3 N–H and O–H groups in total. The summed E-state index contributed by atoms with van der Waals surface area (Å²) >= 11 is 0. The Morgan fingerprint density at radius 1 is 0.432 bits per heavy atom. The lowest BCUT2D eigenvalue weighted by atomic mass is 10.2. The molecule has 0 spiro atoms.